The van der Waals surface area contributed by atoms with E-state index >= 15 is 0 Å². The third kappa shape index (κ3) is 3.30. The molecule has 31 heavy (non-hydrogen) atoms. The third-order valence-electron chi connectivity index (χ3n) is 6.62. The first kappa shape index (κ1) is 19.5. The molecule has 0 radical (unpaired) electrons. The highest BCUT2D eigenvalue weighted by molar-refractivity contribution is 6.12. The number of anilines is 1. The normalized spacial score (nSPS) is 19.3. The molecule has 1 aliphatic carbocycles. The quantitative estimate of drug-likeness (QED) is 0.690. The summed E-state index contributed by atoms with van der Waals surface area (Å²) in [6, 6.07) is 21.2. The van der Waals surface area contributed by atoms with Crippen LogP contribution in [-0.4, -0.2) is 22.3 Å². The first-order valence-corrected chi connectivity index (χ1v) is 10.9. The summed E-state index contributed by atoms with van der Waals surface area (Å²) in [5.41, 5.74) is 2.72. The molecule has 5 nitrogen and oxygen atoms in total. The molecule has 2 aromatic carbocycles. The molecule has 1 fully saturated rings. The van der Waals surface area contributed by atoms with Gasteiger partial charge < -0.3 is 10.2 Å². The zero-order valence-electron chi connectivity index (χ0n) is 17.3. The molecule has 1 spiro atoms. The Bertz CT molecular complexity index is 1090. The van der Waals surface area contributed by atoms with Crippen LogP contribution in [0.25, 0.3) is 0 Å². The van der Waals surface area contributed by atoms with Crippen molar-refractivity contribution in [2.24, 2.45) is 0 Å². The van der Waals surface area contributed by atoms with Gasteiger partial charge in [0.25, 0.3) is 5.91 Å². The van der Waals surface area contributed by atoms with E-state index in [9.17, 15) is 9.59 Å². The Labute approximate surface area is 182 Å². The Morgan fingerprint density at radius 3 is 2.48 bits per heavy atom. The SMILES string of the molecule is O=C(NCc1cccnc1)C1c2ccccc2C(=O)N(c2ccccc2)C12CCCC2. The van der Waals surface area contributed by atoms with Crippen LogP contribution in [0.15, 0.2) is 79.1 Å². The van der Waals surface area contributed by atoms with E-state index in [0.29, 0.717) is 12.1 Å². The van der Waals surface area contributed by atoms with Gasteiger partial charge in [-0.05, 0) is 48.2 Å². The van der Waals surface area contributed by atoms with Crippen molar-refractivity contribution in [2.45, 2.75) is 43.7 Å². The molecular weight excluding hydrogens is 386 g/mol. The standard InChI is InChI=1S/C26H25N3O2/c30-24(28-18-19-9-8-16-27-17-19)23-21-12-4-5-13-22(21)25(31)29(20-10-2-1-3-11-20)26(23)14-6-7-15-26/h1-5,8-13,16-17,23H,6-7,14-15,18H2,(H,28,30). The maximum Gasteiger partial charge on any atom is 0.259 e. The lowest BCUT2D eigenvalue weighted by Crippen LogP contribution is -2.61. The molecular formula is C26H25N3O2. The van der Waals surface area contributed by atoms with Gasteiger partial charge in [-0.25, -0.2) is 0 Å². The number of carbonyl (C=O) groups is 2. The lowest BCUT2D eigenvalue weighted by molar-refractivity contribution is -0.124. The molecule has 3 aromatic rings. The topological polar surface area (TPSA) is 62.3 Å². The van der Waals surface area contributed by atoms with E-state index in [1.54, 1.807) is 12.4 Å². The zero-order valence-corrected chi connectivity index (χ0v) is 17.3. The molecule has 2 heterocycles. The van der Waals surface area contributed by atoms with Crippen molar-refractivity contribution in [3.05, 3.63) is 95.8 Å². The summed E-state index contributed by atoms with van der Waals surface area (Å²) in [4.78, 5) is 33.5. The van der Waals surface area contributed by atoms with Gasteiger partial charge in [-0.15, -0.1) is 0 Å². The van der Waals surface area contributed by atoms with Gasteiger partial charge >= 0.3 is 0 Å². The highest BCUT2D eigenvalue weighted by Crippen LogP contribution is 2.51. The van der Waals surface area contributed by atoms with Crippen LogP contribution in [-0.2, 0) is 11.3 Å². The minimum absolute atomic E-state index is 0.0139. The second-order valence-corrected chi connectivity index (χ2v) is 8.39. The molecule has 5 rings (SSSR count). The minimum atomic E-state index is -0.550. The van der Waals surface area contributed by atoms with Crippen LogP contribution in [0.2, 0.25) is 0 Å². The highest BCUT2D eigenvalue weighted by Gasteiger charge is 2.56. The number of hydrogen-bond donors (Lipinski definition) is 1. The monoisotopic (exact) mass is 411 g/mol. The van der Waals surface area contributed by atoms with E-state index in [0.717, 1.165) is 42.5 Å². The number of carbonyl (C=O) groups excluding carboxylic acids is 2. The predicted octanol–water partition coefficient (Wildman–Crippen LogP) is 4.45. The summed E-state index contributed by atoms with van der Waals surface area (Å²) in [6.07, 6.45) is 7.12. The van der Waals surface area contributed by atoms with Crippen molar-refractivity contribution in [1.82, 2.24) is 10.3 Å². The third-order valence-corrected chi connectivity index (χ3v) is 6.62. The van der Waals surface area contributed by atoms with Gasteiger partial charge in [0, 0.05) is 30.2 Å². The first-order valence-electron chi connectivity index (χ1n) is 10.9. The number of hydrogen-bond acceptors (Lipinski definition) is 3. The van der Waals surface area contributed by atoms with E-state index in [1.807, 2.05) is 71.6 Å². The molecule has 5 heteroatoms. The number of nitrogens with one attached hydrogen (secondary N) is 1. The molecule has 1 unspecified atom stereocenters. The summed E-state index contributed by atoms with van der Waals surface area (Å²) in [5, 5.41) is 3.13. The van der Waals surface area contributed by atoms with Crippen LogP contribution < -0.4 is 10.2 Å². The number of amides is 2. The molecule has 1 N–H and O–H groups in total. The van der Waals surface area contributed by atoms with Gasteiger partial charge in [-0.3, -0.25) is 14.6 Å². The molecule has 0 bridgehead atoms. The minimum Gasteiger partial charge on any atom is -0.351 e. The smallest absolute Gasteiger partial charge is 0.259 e. The van der Waals surface area contributed by atoms with Gasteiger partial charge in [-0.2, -0.15) is 0 Å². The number of pyridine rings is 1. The van der Waals surface area contributed by atoms with E-state index in [1.165, 1.54) is 0 Å². The number of para-hydroxylation sites is 1. The molecule has 0 saturated heterocycles. The van der Waals surface area contributed by atoms with Crippen molar-refractivity contribution in [3.63, 3.8) is 0 Å². The van der Waals surface area contributed by atoms with Gasteiger partial charge in [0.1, 0.15) is 0 Å². The molecule has 1 atom stereocenters. The van der Waals surface area contributed by atoms with Crippen molar-refractivity contribution in [3.8, 4) is 0 Å². The number of rotatable bonds is 4. The summed E-state index contributed by atoms with van der Waals surface area (Å²) in [5.74, 6) is -0.465. The van der Waals surface area contributed by atoms with E-state index in [2.05, 4.69) is 10.3 Å². The summed E-state index contributed by atoms with van der Waals surface area (Å²) < 4.78 is 0. The first-order chi connectivity index (χ1) is 15.2. The number of benzene rings is 2. The Morgan fingerprint density at radius 2 is 1.74 bits per heavy atom. The van der Waals surface area contributed by atoms with Crippen LogP contribution in [0, 0.1) is 0 Å². The number of aromatic nitrogens is 1. The molecule has 2 amide bonds. The van der Waals surface area contributed by atoms with Crippen LogP contribution in [0.5, 0.6) is 0 Å². The van der Waals surface area contributed by atoms with Crippen molar-refractivity contribution >= 4 is 17.5 Å². The van der Waals surface area contributed by atoms with E-state index < -0.39 is 11.5 Å². The van der Waals surface area contributed by atoms with Crippen molar-refractivity contribution < 1.29 is 9.59 Å². The maximum absolute atomic E-state index is 13.7. The summed E-state index contributed by atoms with van der Waals surface area (Å²) in [7, 11) is 0. The molecule has 2 aliphatic rings. The van der Waals surface area contributed by atoms with Crippen molar-refractivity contribution in [1.29, 1.82) is 0 Å². The Balaban J connectivity index is 1.59. The summed E-state index contributed by atoms with van der Waals surface area (Å²) in [6.45, 7) is 0.417. The Kier molecular flexibility index (Phi) is 5.02. The fourth-order valence-electron chi connectivity index (χ4n) is 5.31. The lowest BCUT2D eigenvalue weighted by atomic mass is 9.70. The van der Waals surface area contributed by atoms with Crippen molar-refractivity contribution in [2.75, 3.05) is 4.90 Å². The predicted molar refractivity (Wildman–Crippen MR) is 120 cm³/mol. The van der Waals surface area contributed by atoms with Crippen LogP contribution >= 0.6 is 0 Å². The molecule has 1 aromatic heterocycles. The molecule has 1 aliphatic heterocycles. The highest BCUT2D eigenvalue weighted by atomic mass is 16.2. The average molecular weight is 412 g/mol. The zero-order chi connectivity index (χ0) is 21.3. The summed E-state index contributed by atoms with van der Waals surface area (Å²) >= 11 is 0. The van der Waals surface area contributed by atoms with Crippen LogP contribution in [0.1, 0.15) is 53.1 Å². The second kappa shape index (κ2) is 7.99. The van der Waals surface area contributed by atoms with Gasteiger partial charge in [0.15, 0.2) is 0 Å². The van der Waals surface area contributed by atoms with E-state index in [4.69, 9.17) is 0 Å². The Morgan fingerprint density at radius 1 is 1.00 bits per heavy atom. The fraction of sp³-hybridized carbons (Fsp3) is 0.269. The van der Waals surface area contributed by atoms with Crippen LogP contribution in [0.4, 0.5) is 5.69 Å². The fourth-order valence-corrected chi connectivity index (χ4v) is 5.31. The molecule has 1 saturated carbocycles. The second-order valence-electron chi connectivity index (χ2n) is 8.39. The maximum atomic E-state index is 13.7. The van der Waals surface area contributed by atoms with Gasteiger partial charge in [0.05, 0.1) is 11.5 Å². The Hall–Kier alpha value is -3.47. The lowest BCUT2D eigenvalue weighted by Gasteiger charge is -2.50. The van der Waals surface area contributed by atoms with Gasteiger partial charge in [0.2, 0.25) is 5.91 Å². The van der Waals surface area contributed by atoms with E-state index in [-0.39, 0.29) is 11.8 Å². The van der Waals surface area contributed by atoms with Gasteiger partial charge in [-0.1, -0.05) is 55.3 Å². The number of nitrogens with zero attached hydrogens (tertiary/aromatic N) is 2. The average Bonchev–Trinajstić information content (AvgIpc) is 3.28. The number of fused-ring (bicyclic) bond motifs is 1. The van der Waals surface area contributed by atoms with Crippen LogP contribution in [0.3, 0.4) is 0 Å². The largest absolute Gasteiger partial charge is 0.351 e. The molecule has 156 valence electrons.